The monoisotopic (exact) mass is 144 g/mol. The highest BCUT2D eigenvalue weighted by atomic mass is 32.2. The van der Waals surface area contributed by atoms with Gasteiger partial charge in [0.05, 0.1) is 11.8 Å². The second-order valence-electron chi connectivity index (χ2n) is 1.43. The molecule has 0 fully saturated rings. The van der Waals surface area contributed by atoms with Crippen LogP contribution in [0.3, 0.4) is 0 Å². The number of nitriles is 1. The van der Waals surface area contributed by atoms with Crippen molar-refractivity contribution < 1.29 is 9.90 Å². The van der Waals surface area contributed by atoms with Crippen LogP contribution in [-0.4, -0.2) is 17.0 Å². The lowest BCUT2D eigenvalue weighted by Gasteiger charge is -1.96. The molecular weight excluding hydrogens is 138 g/mol. The Hall–Kier alpha value is -0.690. The molecule has 49 valence electrons. The fourth-order valence-electron chi connectivity index (χ4n) is 0.230. The second kappa shape index (κ2) is 4.21. The molecule has 0 aliphatic heterocycles. The van der Waals surface area contributed by atoms with E-state index >= 15 is 0 Å². The van der Waals surface area contributed by atoms with Crippen LogP contribution >= 0.6 is 11.8 Å². The highest BCUT2D eigenvalue weighted by molar-refractivity contribution is 8.00. The van der Waals surface area contributed by atoms with Gasteiger partial charge in [0.2, 0.25) is 0 Å². The number of rotatable bonds is 3. The first kappa shape index (κ1) is 8.31. The first-order valence-corrected chi connectivity index (χ1v) is 3.42. The molecule has 0 aromatic rings. The third-order valence-electron chi connectivity index (χ3n) is 0.730. The Balaban J connectivity index is 3.41. The molecule has 1 atom stereocenters. The summed E-state index contributed by atoms with van der Waals surface area (Å²) in [5.74, 6) is -0.912. The fraction of sp³-hybridized carbons (Fsp3) is 0.600. The molecule has 0 aliphatic carbocycles. The van der Waals surface area contributed by atoms with E-state index in [-0.39, 0.29) is 5.75 Å². The summed E-state index contributed by atoms with van der Waals surface area (Å²) in [6.07, 6.45) is 0. The summed E-state index contributed by atoms with van der Waals surface area (Å²) in [6.45, 7) is 1.50. The van der Waals surface area contributed by atoms with E-state index < -0.39 is 11.2 Å². The number of carbonyl (C=O) groups is 1. The number of hydrogen-bond acceptors (Lipinski definition) is 3. The van der Waals surface area contributed by atoms with Gasteiger partial charge in [-0.25, -0.2) is 9.90 Å². The minimum Gasteiger partial charge on any atom is -0.246 e. The van der Waals surface area contributed by atoms with Gasteiger partial charge in [-0.1, -0.05) is 0 Å². The van der Waals surface area contributed by atoms with Crippen molar-refractivity contribution in [1.82, 2.24) is 0 Å². The standard InChI is InChI=1S/C5H6NO2S/c1-4(5(7)8)9-3-2-6/h4H,3H2,1H3. The Morgan fingerprint density at radius 1 is 1.89 bits per heavy atom. The molecule has 0 amide bonds. The fourth-order valence-corrected chi connectivity index (χ4v) is 0.691. The molecular formula is C5H6NO2S. The van der Waals surface area contributed by atoms with Crippen molar-refractivity contribution >= 4 is 17.7 Å². The number of hydrogen-bond donors (Lipinski definition) is 0. The van der Waals surface area contributed by atoms with E-state index in [1.165, 1.54) is 6.92 Å². The zero-order valence-electron chi connectivity index (χ0n) is 4.96. The molecule has 1 radical (unpaired) electrons. The Bertz CT molecular complexity index is 140. The Morgan fingerprint density at radius 2 is 2.44 bits per heavy atom. The number of nitrogens with zero attached hydrogens (tertiary/aromatic N) is 1. The van der Waals surface area contributed by atoms with Crippen molar-refractivity contribution in [1.29, 1.82) is 5.26 Å². The molecule has 0 N–H and O–H groups in total. The Morgan fingerprint density at radius 3 is 2.78 bits per heavy atom. The quantitative estimate of drug-likeness (QED) is 0.582. The molecule has 9 heavy (non-hydrogen) atoms. The molecule has 1 unspecified atom stereocenters. The van der Waals surface area contributed by atoms with E-state index in [9.17, 15) is 9.90 Å². The van der Waals surface area contributed by atoms with Crippen molar-refractivity contribution in [3.05, 3.63) is 0 Å². The van der Waals surface area contributed by atoms with Crippen LogP contribution in [0.2, 0.25) is 0 Å². The van der Waals surface area contributed by atoms with Gasteiger partial charge >= 0.3 is 5.97 Å². The lowest BCUT2D eigenvalue weighted by molar-refractivity contribution is -0.142. The molecule has 0 saturated carbocycles. The molecule has 4 heteroatoms. The van der Waals surface area contributed by atoms with E-state index in [1.54, 1.807) is 0 Å². The van der Waals surface area contributed by atoms with Crippen LogP contribution in [0.1, 0.15) is 6.92 Å². The molecule has 0 rings (SSSR count). The molecule has 0 aromatic carbocycles. The largest absolute Gasteiger partial charge is 0.368 e. The van der Waals surface area contributed by atoms with Gasteiger partial charge in [0, 0.05) is 0 Å². The Kier molecular flexibility index (Phi) is 3.89. The predicted molar refractivity (Wildman–Crippen MR) is 33.2 cm³/mol. The second-order valence-corrected chi connectivity index (χ2v) is 2.76. The minimum absolute atomic E-state index is 0.204. The summed E-state index contributed by atoms with van der Waals surface area (Å²) in [7, 11) is 0. The van der Waals surface area contributed by atoms with Gasteiger partial charge in [0.1, 0.15) is 5.25 Å². The molecule has 0 aromatic heterocycles. The van der Waals surface area contributed by atoms with E-state index in [0.29, 0.717) is 0 Å². The van der Waals surface area contributed by atoms with Crippen molar-refractivity contribution in [2.45, 2.75) is 12.2 Å². The average molecular weight is 144 g/mol. The minimum atomic E-state index is -1.12. The number of carbonyl (C=O) groups excluding carboxylic acids is 1. The van der Waals surface area contributed by atoms with Crippen LogP contribution in [-0.2, 0) is 9.90 Å². The van der Waals surface area contributed by atoms with Gasteiger partial charge in [-0.15, -0.1) is 11.8 Å². The third-order valence-corrected chi connectivity index (χ3v) is 1.72. The zero-order valence-corrected chi connectivity index (χ0v) is 5.77. The molecule has 0 saturated heterocycles. The van der Waals surface area contributed by atoms with E-state index in [4.69, 9.17) is 5.26 Å². The van der Waals surface area contributed by atoms with E-state index in [0.717, 1.165) is 11.8 Å². The summed E-state index contributed by atoms with van der Waals surface area (Å²) >= 11 is 1.06. The van der Waals surface area contributed by atoms with Crippen LogP contribution in [0.15, 0.2) is 0 Å². The first-order chi connectivity index (χ1) is 4.18. The summed E-state index contributed by atoms with van der Waals surface area (Å²) < 4.78 is 0. The molecule has 0 bridgehead atoms. The maximum Gasteiger partial charge on any atom is 0.368 e. The summed E-state index contributed by atoms with van der Waals surface area (Å²) in [4.78, 5) is 9.96. The third kappa shape index (κ3) is 3.86. The SMILES string of the molecule is CC(SCC#N)C([O])=O. The summed E-state index contributed by atoms with van der Waals surface area (Å²) in [6, 6.07) is 1.83. The molecule has 3 nitrogen and oxygen atoms in total. The van der Waals surface area contributed by atoms with Crippen LogP contribution in [0.4, 0.5) is 0 Å². The van der Waals surface area contributed by atoms with Crippen LogP contribution in [0, 0.1) is 11.3 Å². The molecule has 0 heterocycles. The van der Waals surface area contributed by atoms with Crippen molar-refractivity contribution in [2.24, 2.45) is 0 Å². The highest BCUT2D eigenvalue weighted by Gasteiger charge is 2.11. The van der Waals surface area contributed by atoms with Crippen molar-refractivity contribution in [3.8, 4) is 6.07 Å². The lowest BCUT2D eigenvalue weighted by atomic mass is 10.5. The normalized spacial score (nSPS) is 12.0. The maximum absolute atomic E-state index is 9.96. The maximum atomic E-state index is 9.96. The van der Waals surface area contributed by atoms with Crippen molar-refractivity contribution in [2.75, 3.05) is 5.75 Å². The molecule has 0 spiro atoms. The summed E-state index contributed by atoms with van der Waals surface area (Å²) in [5, 5.41) is 17.4. The lowest BCUT2D eigenvalue weighted by Crippen LogP contribution is -2.09. The van der Waals surface area contributed by atoms with Crippen LogP contribution < -0.4 is 0 Å². The summed E-state index contributed by atoms with van der Waals surface area (Å²) in [5.41, 5.74) is 0. The van der Waals surface area contributed by atoms with Crippen molar-refractivity contribution in [3.63, 3.8) is 0 Å². The van der Waals surface area contributed by atoms with Gasteiger partial charge in [0.15, 0.2) is 0 Å². The van der Waals surface area contributed by atoms with Gasteiger partial charge in [0.25, 0.3) is 0 Å². The van der Waals surface area contributed by atoms with Crippen LogP contribution in [0.25, 0.3) is 0 Å². The topological polar surface area (TPSA) is 60.8 Å². The van der Waals surface area contributed by atoms with Gasteiger partial charge in [-0.3, -0.25) is 0 Å². The smallest absolute Gasteiger partial charge is 0.246 e. The van der Waals surface area contributed by atoms with Crippen LogP contribution in [0.5, 0.6) is 0 Å². The predicted octanol–water partition coefficient (Wildman–Crippen LogP) is 0.589. The van der Waals surface area contributed by atoms with Gasteiger partial charge in [-0.2, -0.15) is 5.26 Å². The highest BCUT2D eigenvalue weighted by Crippen LogP contribution is 2.08. The van der Waals surface area contributed by atoms with Gasteiger partial charge in [-0.05, 0) is 6.92 Å². The van der Waals surface area contributed by atoms with E-state index in [2.05, 4.69) is 0 Å². The Labute approximate surface area is 57.7 Å². The van der Waals surface area contributed by atoms with E-state index in [1.807, 2.05) is 6.07 Å². The number of thioether (sulfide) groups is 1. The zero-order chi connectivity index (χ0) is 7.28. The first-order valence-electron chi connectivity index (χ1n) is 2.38. The molecule has 0 aliphatic rings. The average Bonchev–Trinajstić information content (AvgIpc) is 1.82. The van der Waals surface area contributed by atoms with Gasteiger partial charge < -0.3 is 0 Å².